The number of benzene rings is 1. The monoisotopic (exact) mass is 274 g/mol. The molecule has 1 amide bonds. The lowest BCUT2D eigenvalue weighted by Gasteiger charge is -2.32. The van der Waals surface area contributed by atoms with E-state index < -0.39 is 0 Å². The minimum absolute atomic E-state index is 0.135. The summed E-state index contributed by atoms with van der Waals surface area (Å²) in [6, 6.07) is 10.7. The van der Waals surface area contributed by atoms with Crippen molar-refractivity contribution in [3.05, 3.63) is 35.9 Å². The van der Waals surface area contributed by atoms with Gasteiger partial charge in [0.15, 0.2) is 0 Å². The summed E-state index contributed by atoms with van der Waals surface area (Å²) in [6.45, 7) is 8.61. The Kier molecular flexibility index (Phi) is 4.81. The van der Waals surface area contributed by atoms with Crippen molar-refractivity contribution in [2.45, 2.75) is 45.1 Å². The lowest BCUT2D eigenvalue weighted by atomic mass is 9.89. The number of carbonyl (C=O) groups is 1. The summed E-state index contributed by atoms with van der Waals surface area (Å²) in [5.41, 5.74) is 1.30. The zero-order chi connectivity index (χ0) is 14.6. The van der Waals surface area contributed by atoms with Gasteiger partial charge in [0.05, 0.1) is 6.54 Å². The summed E-state index contributed by atoms with van der Waals surface area (Å²) >= 11 is 0. The minimum Gasteiger partial charge on any atom is -0.350 e. The third kappa shape index (κ3) is 4.64. The van der Waals surface area contributed by atoms with Gasteiger partial charge in [-0.05, 0) is 58.2 Å². The Labute approximate surface area is 122 Å². The van der Waals surface area contributed by atoms with Gasteiger partial charge in [-0.2, -0.15) is 0 Å². The molecule has 0 saturated carbocycles. The van der Waals surface area contributed by atoms with Crippen LogP contribution < -0.4 is 5.32 Å². The molecule has 1 aromatic rings. The second-order valence-corrected chi connectivity index (χ2v) is 6.76. The van der Waals surface area contributed by atoms with Crippen molar-refractivity contribution >= 4 is 5.91 Å². The number of nitrogens with zero attached hydrogens (tertiary/aromatic N) is 1. The third-order valence-electron chi connectivity index (χ3n) is 3.74. The first kappa shape index (κ1) is 15.0. The predicted octanol–water partition coefficient (Wildman–Crippen LogP) is 2.78. The van der Waals surface area contributed by atoms with Crippen molar-refractivity contribution in [3.8, 4) is 0 Å². The van der Waals surface area contributed by atoms with Crippen LogP contribution in [0.25, 0.3) is 0 Å². The van der Waals surface area contributed by atoms with Gasteiger partial charge in [-0.15, -0.1) is 0 Å². The number of likely N-dealkylation sites (tertiary alicyclic amines) is 1. The Morgan fingerprint density at radius 1 is 1.20 bits per heavy atom. The molecule has 1 N–H and O–H groups in total. The topological polar surface area (TPSA) is 32.3 Å². The fourth-order valence-corrected chi connectivity index (χ4v) is 2.81. The van der Waals surface area contributed by atoms with Gasteiger partial charge in [-0.3, -0.25) is 9.69 Å². The average molecular weight is 274 g/mol. The van der Waals surface area contributed by atoms with E-state index in [0.29, 0.717) is 12.5 Å². The predicted molar refractivity (Wildman–Crippen MR) is 82.8 cm³/mol. The molecule has 0 spiro atoms. The van der Waals surface area contributed by atoms with E-state index in [0.717, 1.165) is 25.9 Å². The van der Waals surface area contributed by atoms with Crippen molar-refractivity contribution in [2.24, 2.45) is 0 Å². The van der Waals surface area contributed by atoms with Gasteiger partial charge in [-0.1, -0.05) is 30.3 Å². The fraction of sp³-hybridized carbons (Fsp3) is 0.588. The van der Waals surface area contributed by atoms with Gasteiger partial charge in [0.1, 0.15) is 0 Å². The number of carbonyl (C=O) groups excluding carboxylic acids is 1. The first-order valence-corrected chi connectivity index (χ1v) is 7.52. The highest BCUT2D eigenvalue weighted by Gasteiger charge is 2.23. The SMILES string of the molecule is CC(C)(C)NC(=O)CN1CCC(c2ccccc2)CC1. The fourth-order valence-electron chi connectivity index (χ4n) is 2.81. The van der Waals surface area contributed by atoms with Crippen LogP contribution in [0, 0.1) is 0 Å². The van der Waals surface area contributed by atoms with Crippen LogP contribution in [0.2, 0.25) is 0 Å². The van der Waals surface area contributed by atoms with Crippen LogP contribution in [0.15, 0.2) is 30.3 Å². The maximum atomic E-state index is 11.9. The number of rotatable bonds is 3. The number of nitrogens with one attached hydrogen (secondary N) is 1. The number of hydrogen-bond donors (Lipinski definition) is 1. The Morgan fingerprint density at radius 2 is 1.80 bits per heavy atom. The molecule has 1 aliphatic heterocycles. The van der Waals surface area contributed by atoms with Crippen molar-refractivity contribution in [2.75, 3.05) is 19.6 Å². The van der Waals surface area contributed by atoms with Crippen LogP contribution in [0.4, 0.5) is 0 Å². The highest BCUT2D eigenvalue weighted by molar-refractivity contribution is 5.78. The molecule has 3 nitrogen and oxygen atoms in total. The summed E-state index contributed by atoms with van der Waals surface area (Å²) in [5.74, 6) is 0.786. The second-order valence-electron chi connectivity index (χ2n) is 6.76. The van der Waals surface area contributed by atoms with E-state index >= 15 is 0 Å². The van der Waals surface area contributed by atoms with E-state index in [1.165, 1.54) is 5.56 Å². The second kappa shape index (κ2) is 6.40. The molecule has 3 heteroatoms. The molecule has 0 atom stereocenters. The number of hydrogen-bond acceptors (Lipinski definition) is 2. The molecule has 1 aromatic carbocycles. The average Bonchev–Trinajstić information content (AvgIpc) is 2.38. The van der Waals surface area contributed by atoms with Crippen LogP contribution in [-0.4, -0.2) is 36.0 Å². The van der Waals surface area contributed by atoms with E-state index in [2.05, 4.69) is 40.5 Å². The van der Waals surface area contributed by atoms with Crippen molar-refractivity contribution in [1.82, 2.24) is 10.2 Å². The van der Waals surface area contributed by atoms with Crippen LogP contribution in [-0.2, 0) is 4.79 Å². The maximum absolute atomic E-state index is 11.9. The van der Waals surface area contributed by atoms with Gasteiger partial charge in [0.25, 0.3) is 0 Å². The zero-order valence-corrected chi connectivity index (χ0v) is 12.9. The maximum Gasteiger partial charge on any atom is 0.234 e. The van der Waals surface area contributed by atoms with Crippen LogP contribution >= 0.6 is 0 Å². The first-order valence-electron chi connectivity index (χ1n) is 7.52. The first-order chi connectivity index (χ1) is 9.44. The Bertz CT molecular complexity index is 428. The van der Waals surface area contributed by atoms with Gasteiger partial charge >= 0.3 is 0 Å². The quantitative estimate of drug-likeness (QED) is 0.919. The summed E-state index contributed by atoms with van der Waals surface area (Å²) in [5, 5.41) is 3.03. The lowest BCUT2D eigenvalue weighted by molar-refractivity contribution is -0.123. The van der Waals surface area contributed by atoms with Gasteiger partial charge in [0, 0.05) is 5.54 Å². The molecule has 0 bridgehead atoms. The lowest BCUT2D eigenvalue weighted by Crippen LogP contribution is -2.47. The van der Waals surface area contributed by atoms with Crippen LogP contribution in [0.3, 0.4) is 0 Å². The molecule has 1 aliphatic rings. The van der Waals surface area contributed by atoms with Gasteiger partial charge in [0.2, 0.25) is 5.91 Å². The van der Waals surface area contributed by atoms with E-state index in [4.69, 9.17) is 0 Å². The molecule has 0 radical (unpaired) electrons. The molecule has 0 aromatic heterocycles. The molecular formula is C17H26N2O. The molecule has 1 heterocycles. The molecule has 0 aliphatic carbocycles. The number of piperidine rings is 1. The molecule has 1 fully saturated rings. The van der Waals surface area contributed by atoms with E-state index in [1.807, 2.05) is 20.8 Å². The summed E-state index contributed by atoms with van der Waals surface area (Å²) < 4.78 is 0. The Hall–Kier alpha value is -1.35. The van der Waals surface area contributed by atoms with E-state index in [-0.39, 0.29) is 11.4 Å². The van der Waals surface area contributed by atoms with Crippen LogP contribution in [0.5, 0.6) is 0 Å². The molecule has 1 saturated heterocycles. The summed E-state index contributed by atoms with van der Waals surface area (Å²) in [4.78, 5) is 14.2. The minimum atomic E-state index is -0.139. The number of amides is 1. The molecule has 0 unspecified atom stereocenters. The molecule has 2 rings (SSSR count). The Balaban J connectivity index is 1.79. The van der Waals surface area contributed by atoms with Crippen molar-refractivity contribution in [3.63, 3.8) is 0 Å². The largest absolute Gasteiger partial charge is 0.350 e. The van der Waals surface area contributed by atoms with Gasteiger partial charge in [-0.25, -0.2) is 0 Å². The molecule has 20 heavy (non-hydrogen) atoms. The third-order valence-corrected chi connectivity index (χ3v) is 3.74. The van der Waals surface area contributed by atoms with E-state index in [1.54, 1.807) is 0 Å². The van der Waals surface area contributed by atoms with E-state index in [9.17, 15) is 4.79 Å². The smallest absolute Gasteiger partial charge is 0.234 e. The zero-order valence-electron chi connectivity index (χ0n) is 12.9. The van der Waals surface area contributed by atoms with Crippen LogP contribution in [0.1, 0.15) is 45.1 Å². The normalized spacial score (nSPS) is 17.9. The molecular weight excluding hydrogens is 248 g/mol. The Morgan fingerprint density at radius 3 is 2.35 bits per heavy atom. The highest BCUT2D eigenvalue weighted by atomic mass is 16.2. The van der Waals surface area contributed by atoms with Crippen molar-refractivity contribution < 1.29 is 4.79 Å². The summed E-state index contributed by atoms with van der Waals surface area (Å²) in [6.07, 6.45) is 2.29. The van der Waals surface area contributed by atoms with Gasteiger partial charge < -0.3 is 5.32 Å². The summed E-state index contributed by atoms with van der Waals surface area (Å²) in [7, 11) is 0. The highest BCUT2D eigenvalue weighted by Crippen LogP contribution is 2.27. The molecule has 110 valence electrons. The van der Waals surface area contributed by atoms with Crippen molar-refractivity contribution in [1.29, 1.82) is 0 Å². The standard InChI is InChI=1S/C17H26N2O/c1-17(2,3)18-16(20)13-19-11-9-15(10-12-19)14-7-5-4-6-8-14/h4-8,15H,9-13H2,1-3H3,(H,18,20).